The zero-order valence-corrected chi connectivity index (χ0v) is 18.2. The van der Waals surface area contributed by atoms with Crippen LogP contribution in [0.4, 0.5) is 0 Å². The monoisotopic (exact) mass is 345 g/mol. The van der Waals surface area contributed by atoms with Gasteiger partial charge in [0.15, 0.2) is 9.84 Å². The van der Waals surface area contributed by atoms with Crippen molar-refractivity contribution in [2.45, 2.75) is 110 Å². The molecule has 0 N–H and O–H groups in total. The summed E-state index contributed by atoms with van der Waals surface area (Å²) in [5, 5.41) is 0. The Morgan fingerprint density at radius 3 is 1.48 bits per heavy atom. The molecule has 0 spiro atoms. The molecule has 0 aromatic heterocycles. The minimum atomic E-state index is -3.37. The smallest absolute Gasteiger partial charge is 0.162 e. The van der Waals surface area contributed by atoms with Crippen LogP contribution in [0.15, 0.2) is 0 Å². The highest BCUT2D eigenvalue weighted by Crippen LogP contribution is 2.56. The van der Waals surface area contributed by atoms with Crippen LogP contribution >= 0.6 is 0 Å². The molecule has 1 atom stereocenters. The molecular weight excluding hydrogens is 306 g/mol. The Morgan fingerprint density at radius 2 is 1.17 bits per heavy atom. The normalized spacial score (nSPS) is 32.0. The van der Waals surface area contributed by atoms with E-state index in [2.05, 4.69) is 60.3 Å². The molecule has 4 heteroatoms. The average molecular weight is 346 g/mol. The first-order valence-corrected chi connectivity index (χ1v) is 10.4. The molecule has 1 fully saturated rings. The second kappa shape index (κ2) is 5.45. The fourth-order valence-corrected chi connectivity index (χ4v) is 7.65. The maximum absolute atomic E-state index is 13.7. The highest BCUT2D eigenvalue weighted by Gasteiger charge is 2.67. The maximum atomic E-state index is 13.7. The molecule has 0 aromatic rings. The van der Waals surface area contributed by atoms with Gasteiger partial charge < -0.3 is 0 Å². The highest BCUT2D eigenvalue weighted by molar-refractivity contribution is 7.94. The zero-order valence-electron chi connectivity index (χ0n) is 17.4. The molecule has 1 unspecified atom stereocenters. The Hall–Kier alpha value is -0.0900. The lowest BCUT2D eigenvalue weighted by atomic mass is 9.67. The fraction of sp³-hybridized carbons (Fsp3) is 1.00. The molecule has 0 aromatic carbocycles. The van der Waals surface area contributed by atoms with Crippen molar-refractivity contribution in [3.05, 3.63) is 0 Å². The number of hydrogen-bond acceptors (Lipinski definition) is 3. The van der Waals surface area contributed by atoms with Crippen molar-refractivity contribution in [1.82, 2.24) is 4.90 Å². The zero-order chi connectivity index (χ0) is 18.8. The first-order chi connectivity index (χ1) is 9.89. The van der Waals surface area contributed by atoms with Crippen LogP contribution < -0.4 is 0 Å². The molecule has 0 bridgehead atoms. The van der Waals surface area contributed by atoms with E-state index in [0.717, 1.165) is 0 Å². The third-order valence-corrected chi connectivity index (χ3v) is 11.0. The fourth-order valence-electron chi connectivity index (χ4n) is 4.80. The Labute approximate surface area is 145 Å². The van der Waals surface area contributed by atoms with Gasteiger partial charge in [-0.3, -0.25) is 4.90 Å². The predicted molar refractivity (Wildman–Crippen MR) is 101 cm³/mol. The van der Waals surface area contributed by atoms with Crippen LogP contribution in [0.25, 0.3) is 0 Å². The molecule has 0 aliphatic carbocycles. The maximum Gasteiger partial charge on any atom is 0.162 e. The average Bonchev–Trinajstić information content (AvgIpc) is 2.33. The van der Waals surface area contributed by atoms with Crippen molar-refractivity contribution in [3.63, 3.8) is 0 Å². The molecule has 1 aliphatic heterocycles. The van der Waals surface area contributed by atoms with E-state index in [-0.39, 0.29) is 17.5 Å². The van der Waals surface area contributed by atoms with Crippen molar-refractivity contribution in [2.75, 3.05) is 0 Å². The van der Waals surface area contributed by atoms with E-state index in [0.29, 0.717) is 5.92 Å². The van der Waals surface area contributed by atoms with Gasteiger partial charge in [0.05, 0.1) is 9.49 Å². The summed E-state index contributed by atoms with van der Waals surface area (Å²) in [5.41, 5.74) is -0.824. The predicted octanol–water partition coefficient (Wildman–Crippen LogP) is 4.51. The molecule has 1 saturated heterocycles. The second-order valence-corrected chi connectivity index (χ2v) is 13.0. The molecule has 0 radical (unpaired) electrons. The van der Waals surface area contributed by atoms with Crippen LogP contribution in [-0.4, -0.2) is 40.4 Å². The van der Waals surface area contributed by atoms with Crippen LogP contribution in [0.5, 0.6) is 0 Å². The number of hydrogen-bond donors (Lipinski definition) is 0. The van der Waals surface area contributed by atoms with Gasteiger partial charge >= 0.3 is 0 Å². The van der Waals surface area contributed by atoms with Crippen LogP contribution in [0.3, 0.4) is 0 Å². The number of rotatable bonds is 2. The van der Waals surface area contributed by atoms with Crippen molar-refractivity contribution >= 4 is 9.84 Å². The van der Waals surface area contributed by atoms with Crippen molar-refractivity contribution in [3.8, 4) is 0 Å². The summed E-state index contributed by atoms with van der Waals surface area (Å²) in [7, 11) is -3.37. The summed E-state index contributed by atoms with van der Waals surface area (Å²) in [4.78, 5) is 2.48. The lowest BCUT2D eigenvalue weighted by molar-refractivity contribution is -0.0531. The Bertz CT molecular complexity index is 510. The van der Waals surface area contributed by atoms with Crippen LogP contribution in [0.2, 0.25) is 0 Å². The van der Waals surface area contributed by atoms with Crippen molar-refractivity contribution in [1.29, 1.82) is 0 Å². The van der Waals surface area contributed by atoms with Gasteiger partial charge in [0.25, 0.3) is 0 Å². The third kappa shape index (κ3) is 2.42. The molecule has 1 rings (SSSR count). The number of nitrogens with zero attached hydrogens (tertiary/aromatic N) is 1. The second-order valence-electron chi connectivity index (χ2n) is 9.99. The molecule has 1 aliphatic rings. The van der Waals surface area contributed by atoms with Gasteiger partial charge in [0, 0.05) is 17.6 Å². The summed E-state index contributed by atoms with van der Waals surface area (Å²) in [6.07, 6.45) is 0. The van der Waals surface area contributed by atoms with Gasteiger partial charge in [-0.05, 0) is 66.7 Å². The standard InChI is InChI=1S/C19H39NO2S/c1-13(2)15-16(5,6)18(9,10)23(21,22)19(11,12)17(7,8)20(15)14(3)4/h13-15H,1-12H3. The van der Waals surface area contributed by atoms with Gasteiger partial charge in [-0.2, -0.15) is 0 Å². The summed E-state index contributed by atoms with van der Waals surface area (Å²) in [6, 6.07) is 0.462. The largest absolute Gasteiger partial charge is 0.290 e. The van der Waals surface area contributed by atoms with Gasteiger partial charge in [-0.15, -0.1) is 0 Å². The molecular formula is C19H39NO2S. The Morgan fingerprint density at radius 1 is 0.783 bits per heavy atom. The van der Waals surface area contributed by atoms with Crippen molar-refractivity contribution < 1.29 is 8.42 Å². The summed E-state index contributed by atoms with van der Waals surface area (Å²) in [5.74, 6) is 0.370. The summed E-state index contributed by atoms with van der Waals surface area (Å²) >= 11 is 0. The minimum absolute atomic E-state index is 0.184. The Kier molecular flexibility index (Phi) is 4.97. The van der Waals surface area contributed by atoms with Gasteiger partial charge in [0.2, 0.25) is 0 Å². The molecule has 3 nitrogen and oxygen atoms in total. The first-order valence-electron chi connectivity index (χ1n) is 8.91. The van der Waals surface area contributed by atoms with E-state index < -0.39 is 24.9 Å². The van der Waals surface area contributed by atoms with Crippen LogP contribution in [0.1, 0.15) is 83.1 Å². The van der Waals surface area contributed by atoms with Crippen molar-refractivity contribution in [2.24, 2.45) is 11.3 Å². The lowest BCUT2D eigenvalue weighted by Crippen LogP contribution is -2.65. The minimum Gasteiger partial charge on any atom is -0.290 e. The van der Waals surface area contributed by atoms with Gasteiger partial charge in [0.1, 0.15) is 0 Å². The summed E-state index contributed by atoms with van der Waals surface area (Å²) < 4.78 is 25.8. The first kappa shape index (κ1) is 21.0. The summed E-state index contributed by atoms with van der Waals surface area (Å²) in [6.45, 7) is 25.0. The van der Waals surface area contributed by atoms with E-state index in [1.165, 1.54) is 0 Å². The molecule has 138 valence electrons. The van der Waals surface area contributed by atoms with Gasteiger partial charge in [-0.25, -0.2) is 8.42 Å². The van der Waals surface area contributed by atoms with Crippen LogP contribution in [-0.2, 0) is 9.84 Å². The van der Waals surface area contributed by atoms with Gasteiger partial charge in [-0.1, -0.05) is 27.7 Å². The van der Waals surface area contributed by atoms with E-state index >= 15 is 0 Å². The van der Waals surface area contributed by atoms with E-state index in [1.54, 1.807) is 0 Å². The highest BCUT2D eigenvalue weighted by atomic mass is 32.2. The molecule has 0 saturated carbocycles. The molecule has 23 heavy (non-hydrogen) atoms. The van der Waals surface area contributed by atoms with E-state index in [9.17, 15) is 8.42 Å². The van der Waals surface area contributed by atoms with E-state index in [4.69, 9.17) is 0 Å². The Balaban J connectivity index is 3.98. The topological polar surface area (TPSA) is 37.4 Å². The lowest BCUT2D eigenvalue weighted by Gasteiger charge is -2.55. The SMILES string of the molecule is CC(C)C1N(C(C)C)C(C)(C)C(C)(C)S(=O)(=O)C(C)(C)C1(C)C. The number of sulfone groups is 1. The third-order valence-electron chi connectivity index (χ3n) is 7.24. The quantitative estimate of drug-likeness (QED) is 0.739. The van der Waals surface area contributed by atoms with Crippen LogP contribution in [0, 0.1) is 11.3 Å². The molecule has 0 amide bonds. The molecule has 1 heterocycles. The van der Waals surface area contributed by atoms with E-state index in [1.807, 2.05) is 27.7 Å².